The van der Waals surface area contributed by atoms with Crippen molar-refractivity contribution in [2.24, 2.45) is 0 Å². The number of methoxy groups -OCH3 is 1. The molecule has 2 rings (SSSR count). The zero-order valence-corrected chi connectivity index (χ0v) is 10.7. The number of rotatable bonds is 3. The van der Waals surface area contributed by atoms with Crippen LogP contribution in [0.4, 0.5) is 4.39 Å². The predicted octanol–water partition coefficient (Wildman–Crippen LogP) is 3.01. The van der Waals surface area contributed by atoms with Gasteiger partial charge in [-0.2, -0.15) is 0 Å². The third-order valence-electron chi connectivity index (χ3n) is 3.38. The summed E-state index contributed by atoms with van der Waals surface area (Å²) in [4.78, 5) is 0. The first kappa shape index (κ1) is 11.9. The first-order valence-electron chi connectivity index (χ1n) is 5.27. The highest BCUT2D eigenvalue weighted by molar-refractivity contribution is 9.10. The summed E-state index contributed by atoms with van der Waals surface area (Å²) in [5.74, 6) is 0.209. The number of ether oxygens (including phenoxy) is 1. The molecule has 0 saturated heterocycles. The van der Waals surface area contributed by atoms with Gasteiger partial charge in [-0.1, -0.05) is 22.4 Å². The minimum Gasteiger partial charge on any atom is -0.496 e. The van der Waals surface area contributed by atoms with Crippen LogP contribution in [0, 0.1) is 5.82 Å². The lowest BCUT2D eigenvalue weighted by Crippen LogP contribution is -2.39. The Hall–Kier alpha value is -0.610. The minimum absolute atomic E-state index is 0.0259. The molecule has 1 aromatic rings. The Morgan fingerprint density at radius 2 is 2.19 bits per heavy atom. The lowest BCUT2D eigenvalue weighted by atomic mass is 9.64. The fourth-order valence-corrected chi connectivity index (χ4v) is 2.73. The highest BCUT2D eigenvalue weighted by atomic mass is 79.9. The van der Waals surface area contributed by atoms with Gasteiger partial charge >= 0.3 is 0 Å². The van der Waals surface area contributed by atoms with E-state index in [-0.39, 0.29) is 12.4 Å². The summed E-state index contributed by atoms with van der Waals surface area (Å²) in [5, 5.41) is 9.47. The van der Waals surface area contributed by atoms with E-state index in [2.05, 4.69) is 15.9 Å². The van der Waals surface area contributed by atoms with Gasteiger partial charge in [0.2, 0.25) is 0 Å². The second kappa shape index (κ2) is 4.34. The molecule has 0 aliphatic heterocycles. The fraction of sp³-hybridized carbons (Fsp3) is 0.500. The maximum Gasteiger partial charge on any atom is 0.131 e. The van der Waals surface area contributed by atoms with Crippen LogP contribution in [0.25, 0.3) is 0 Å². The van der Waals surface area contributed by atoms with Crippen molar-refractivity contribution in [3.05, 3.63) is 28.0 Å². The maximum atomic E-state index is 14.0. The van der Waals surface area contributed by atoms with E-state index in [1.807, 2.05) is 0 Å². The van der Waals surface area contributed by atoms with Crippen LogP contribution in [-0.4, -0.2) is 18.8 Å². The third kappa shape index (κ3) is 1.74. The molecule has 88 valence electrons. The summed E-state index contributed by atoms with van der Waals surface area (Å²) in [6.45, 7) is -0.0259. The van der Waals surface area contributed by atoms with Gasteiger partial charge in [0.15, 0.2) is 0 Å². The molecule has 0 atom stereocenters. The molecule has 2 nitrogen and oxygen atoms in total. The number of benzene rings is 1. The van der Waals surface area contributed by atoms with Crippen molar-refractivity contribution in [2.75, 3.05) is 13.7 Å². The SMILES string of the molecule is COc1cc(Br)cc(F)c1C1(CO)CCC1. The first-order valence-corrected chi connectivity index (χ1v) is 6.06. The second-order valence-corrected chi connectivity index (χ2v) is 5.17. The highest BCUT2D eigenvalue weighted by Crippen LogP contribution is 2.48. The molecule has 1 saturated carbocycles. The van der Waals surface area contributed by atoms with Crippen molar-refractivity contribution in [1.29, 1.82) is 0 Å². The topological polar surface area (TPSA) is 29.5 Å². The quantitative estimate of drug-likeness (QED) is 0.927. The normalized spacial score (nSPS) is 18.0. The standard InChI is InChI=1S/C12H14BrFO2/c1-16-10-6-8(13)5-9(14)11(10)12(7-15)3-2-4-12/h5-6,15H,2-4,7H2,1H3. The van der Waals surface area contributed by atoms with E-state index < -0.39 is 5.41 Å². The van der Waals surface area contributed by atoms with E-state index in [9.17, 15) is 9.50 Å². The molecule has 1 aromatic carbocycles. The van der Waals surface area contributed by atoms with Gasteiger partial charge in [0.05, 0.1) is 13.7 Å². The van der Waals surface area contributed by atoms with E-state index in [1.165, 1.54) is 13.2 Å². The molecule has 0 bridgehead atoms. The van der Waals surface area contributed by atoms with Crippen molar-refractivity contribution < 1.29 is 14.2 Å². The van der Waals surface area contributed by atoms with Gasteiger partial charge in [-0.3, -0.25) is 0 Å². The number of aliphatic hydroxyl groups excluding tert-OH is 1. The van der Waals surface area contributed by atoms with Crippen LogP contribution in [0.1, 0.15) is 24.8 Å². The van der Waals surface area contributed by atoms with Crippen molar-refractivity contribution in [1.82, 2.24) is 0 Å². The molecule has 0 heterocycles. The molecule has 0 unspecified atom stereocenters. The fourth-order valence-electron chi connectivity index (χ4n) is 2.32. The number of hydrogen-bond donors (Lipinski definition) is 1. The van der Waals surface area contributed by atoms with Gasteiger partial charge in [0.25, 0.3) is 0 Å². The zero-order valence-electron chi connectivity index (χ0n) is 9.09. The first-order chi connectivity index (χ1) is 7.63. The van der Waals surface area contributed by atoms with Crippen LogP contribution in [0.2, 0.25) is 0 Å². The van der Waals surface area contributed by atoms with Gasteiger partial charge in [0, 0.05) is 15.5 Å². The molecule has 1 aliphatic rings. The van der Waals surface area contributed by atoms with Crippen LogP contribution < -0.4 is 4.74 Å². The molecule has 0 spiro atoms. The Labute approximate surface area is 103 Å². The predicted molar refractivity (Wildman–Crippen MR) is 63.3 cm³/mol. The lowest BCUT2D eigenvalue weighted by Gasteiger charge is -2.41. The summed E-state index contributed by atoms with van der Waals surface area (Å²) < 4.78 is 19.8. The van der Waals surface area contributed by atoms with Crippen molar-refractivity contribution in [3.63, 3.8) is 0 Å². The largest absolute Gasteiger partial charge is 0.496 e. The average Bonchev–Trinajstić information content (AvgIpc) is 2.19. The van der Waals surface area contributed by atoms with E-state index in [0.29, 0.717) is 15.8 Å². The van der Waals surface area contributed by atoms with Crippen LogP contribution >= 0.6 is 15.9 Å². The summed E-state index contributed by atoms with van der Waals surface area (Å²) in [7, 11) is 1.52. The van der Waals surface area contributed by atoms with Crippen LogP contribution in [-0.2, 0) is 5.41 Å². The maximum absolute atomic E-state index is 14.0. The van der Waals surface area contributed by atoms with E-state index in [0.717, 1.165) is 19.3 Å². The van der Waals surface area contributed by atoms with Crippen molar-refractivity contribution >= 4 is 15.9 Å². The van der Waals surface area contributed by atoms with E-state index in [1.54, 1.807) is 6.07 Å². The zero-order chi connectivity index (χ0) is 11.8. The van der Waals surface area contributed by atoms with E-state index >= 15 is 0 Å². The van der Waals surface area contributed by atoms with Gasteiger partial charge in [0.1, 0.15) is 11.6 Å². The number of halogens is 2. The van der Waals surface area contributed by atoms with Crippen molar-refractivity contribution in [2.45, 2.75) is 24.7 Å². The third-order valence-corrected chi connectivity index (χ3v) is 3.84. The Kier molecular flexibility index (Phi) is 3.22. The molecule has 0 radical (unpaired) electrons. The number of aliphatic hydroxyl groups is 1. The van der Waals surface area contributed by atoms with Crippen LogP contribution in [0.3, 0.4) is 0 Å². The molecule has 0 amide bonds. The minimum atomic E-state index is -0.434. The lowest BCUT2D eigenvalue weighted by molar-refractivity contribution is 0.113. The van der Waals surface area contributed by atoms with E-state index in [4.69, 9.17) is 4.74 Å². The average molecular weight is 289 g/mol. The monoisotopic (exact) mass is 288 g/mol. The summed E-state index contributed by atoms with van der Waals surface area (Å²) in [6.07, 6.45) is 2.66. The molecule has 1 N–H and O–H groups in total. The van der Waals surface area contributed by atoms with Crippen LogP contribution in [0.15, 0.2) is 16.6 Å². The Morgan fingerprint density at radius 1 is 1.50 bits per heavy atom. The smallest absolute Gasteiger partial charge is 0.131 e. The Balaban J connectivity index is 2.54. The van der Waals surface area contributed by atoms with Gasteiger partial charge < -0.3 is 9.84 Å². The molecular weight excluding hydrogens is 275 g/mol. The van der Waals surface area contributed by atoms with Gasteiger partial charge in [-0.15, -0.1) is 0 Å². The molecular formula is C12H14BrFO2. The highest BCUT2D eigenvalue weighted by Gasteiger charge is 2.42. The Morgan fingerprint density at radius 3 is 2.62 bits per heavy atom. The van der Waals surface area contributed by atoms with Crippen LogP contribution in [0.5, 0.6) is 5.75 Å². The Bertz CT molecular complexity index is 397. The molecule has 0 aromatic heterocycles. The summed E-state index contributed by atoms with van der Waals surface area (Å²) >= 11 is 3.23. The molecule has 16 heavy (non-hydrogen) atoms. The number of hydrogen-bond acceptors (Lipinski definition) is 2. The van der Waals surface area contributed by atoms with Gasteiger partial charge in [-0.05, 0) is 25.0 Å². The van der Waals surface area contributed by atoms with Crippen molar-refractivity contribution in [3.8, 4) is 5.75 Å². The second-order valence-electron chi connectivity index (χ2n) is 4.26. The summed E-state index contributed by atoms with van der Waals surface area (Å²) in [6, 6.07) is 3.17. The molecule has 1 aliphatic carbocycles. The summed E-state index contributed by atoms with van der Waals surface area (Å²) in [5.41, 5.74) is 0.0859. The van der Waals surface area contributed by atoms with Gasteiger partial charge in [-0.25, -0.2) is 4.39 Å². The molecule has 1 fully saturated rings. The molecule has 4 heteroatoms.